The Balaban J connectivity index is 0.000000577. The molecule has 4 nitrogen and oxygen atoms in total. The third kappa shape index (κ3) is 5.15. The summed E-state index contributed by atoms with van der Waals surface area (Å²) < 4.78 is 135. The summed E-state index contributed by atoms with van der Waals surface area (Å²) in [6.45, 7) is 0. The highest BCUT2D eigenvalue weighted by molar-refractivity contribution is 7.86. The van der Waals surface area contributed by atoms with E-state index in [-0.39, 0.29) is 0 Å². The molecule has 0 heterocycles. The van der Waals surface area contributed by atoms with Crippen LogP contribution < -0.4 is 4.90 Å². The molecule has 0 saturated heterocycles. The molecule has 0 bridgehead atoms. The first-order valence-corrected chi connectivity index (χ1v) is 8.67. The lowest BCUT2D eigenvalue weighted by molar-refractivity contribution is -0.887. The highest BCUT2D eigenvalue weighted by Crippen LogP contribution is 2.54. The number of nitrogens with one attached hydrogen (secondary N) is 1. The molecule has 158 valence electrons. The van der Waals surface area contributed by atoms with Crippen molar-refractivity contribution in [3.63, 3.8) is 0 Å². The molecule has 0 atom stereocenters. The number of hydrogen-bond acceptors (Lipinski definition) is 3. The summed E-state index contributed by atoms with van der Waals surface area (Å²) in [6.07, 6.45) is 0.171. The van der Waals surface area contributed by atoms with Crippen LogP contribution >= 0.6 is 0 Å². The minimum Gasteiger partial charge on any atom is -0.743 e. The fourth-order valence-corrected chi connectivity index (χ4v) is 2.64. The zero-order chi connectivity index (χ0) is 21.2. The van der Waals surface area contributed by atoms with E-state index in [2.05, 4.69) is 14.1 Å². The van der Waals surface area contributed by atoms with Gasteiger partial charge in [0, 0.05) is 0 Å². The zero-order valence-electron chi connectivity index (χ0n) is 13.6. The largest absolute Gasteiger partial charge is 0.743 e. The van der Waals surface area contributed by atoms with Crippen LogP contribution in [-0.4, -0.2) is 56.4 Å². The van der Waals surface area contributed by atoms with Crippen molar-refractivity contribution in [2.75, 3.05) is 14.1 Å². The second kappa shape index (κ2) is 8.09. The summed E-state index contributed by atoms with van der Waals surface area (Å²) in [6, 6.07) is 0.971. The Morgan fingerprint density at radius 3 is 1.42 bits per heavy atom. The molecule has 0 radical (unpaired) electrons. The van der Waals surface area contributed by atoms with Gasteiger partial charge in [0.2, 0.25) is 0 Å². The number of quaternary nitrogens is 1. The Morgan fingerprint density at radius 2 is 1.19 bits per heavy atom. The fourth-order valence-electron chi connectivity index (χ4n) is 2.20. The molecule has 1 aliphatic carbocycles. The van der Waals surface area contributed by atoms with Crippen molar-refractivity contribution >= 4 is 10.1 Å². The zero-order valence-corrected chi connectivity index (χ0v) is 14.5. The maximum Gasteiger partial charge on any atom is 0.460 e. The molecule has 0 unspecified atom stereocenters. The summed E-state index contributed by atoms with van der Waals surface area (Å²) >= 11 is 0. The number of rotatable bonds is 4. The second-order valence-corrected chi connectivity index (χ2v) is 7.45. The van der Waals surface area contributed by atoms with E-state index in [0.717, 1.165) is 6.04 Å². The molecule has 0 amide bonds. The molecule has 0 aromatic heterocycles. The third-order valence-corrected chi connectivity index (χ3v) is 4.74. The molecular weight excluding hydrogens is 409 g/mol. The van der Waals surface area contributed by atoms with Gasteiger partial charge in [-0.25, -0.2) is 8.42 Å². The smallest absolute Gasteiger partial charge is 0.460 e. The highest BCUT2D eigenvalue weighted by atomic mass is 32.2. The van der Waals surface area contributed by atoms with Crippen molar-refractivity contribution in [1.82, 2.24) is 0 Å². The average molecular weight is 427 g/mol. The molecule has 14 heteroatoms. The highest BCUT2D eigenvalue weighted by Gasteiger charge is 2.83. The molecule has 0 spiro atoms. The van der Waals surface area contributed by atoms with E-state index >= 15 is 0 Å². The Bertz CT molecular complexity index is 555. The monoisotopic (exact) mass is 427 g/mol. The van der Waals surface area contributed by atoms with Crippen LogP contribution in [0.5, 0.6) is 0 Å². The Hall–Kier alpha value is -0.760. The van der Waals surface area contributed by atoms with Crippen LogP contribution in [0.25, 0.3) is 0 Å². The Morgan fingerprint density at radius 1 is 0.808 bits per heavy atom. The molecule has 1 fully saturated rings. The predicted molar refractivity (Wildman–Crippen MR) is 70.3 cm³/mol. The van der Waals surface area contributed by atoms with Crippen LogP contribution in [0.2, 0.25) is 0 Å². The van der Waals surface area contributed by atoms with Gasteiger partial charge in [-0.3, -0.25) is 0 Å². The third-order valence-electron chi connectivity index (χ3n) is 3.85. The summed E-state index contributed by atoms with van der Waals surface area (Å²) in [4.78, 5) is 1.65. The maximum absolute atomic E-state index is 12.2. The predicted octanol–water partition coefficient (Wildman–Crippen LogP) is 2.42. The van der Waals surface area contributed by atoms with Crippen molar-refractivity contribution in [3.8, 4) is 0 Å². The minimum absolute atomic E-state index is 0.971. The van der Waals surface area contributed by atoms with Crippen LogP contribution in [0, 0.1) is 0 Å². The average Bonchev–Trinajstić information content (AvgIpc) is 2.46. The summed E-state index contributed by atoms with van der Waals surface area (Å²) in [5.41, 5.74) is 0. The van der Waals surface area contributed by atoms with Gasteiger partial charge >= 0.3 is 23.3 Å². The quantitative estimate of drug-likeness (QED) is 0.554. The fraction of sp³-hybridized carbons (Fsp3) is 1.00. The van der Waals surface area contributed by atoms with Crippen LogP contribution in [-0.2, 0) is 10.1 Å². The lowest BCUT2D eigenvalue weighted by Crippen LogP contribution is -3.10. The Labute approximate surface area is 144 Å². The topological polar surface area (TPSA) is 61.6 Å². The van der Waals surface area contributed by atoms with Crippen LogP contribution in [0.4, 0.5) is 39.5 Å². The van der Waals surface area contributed by atoms with E-state index in [0.29, 0.717) is 0 Å². The van der Waals surface area contributed by atoms with Crippen molar-refractivity contribution in [1.29, 1.82) is 0 Å². The van der Waals surface area contributed by atoms with E-state index in [1.54, 1.807) is 4.90 Å². The van der Waals surface area contributed by atoms with E-state index in [9.17, 15) is 52.5 Å². The van der Waals surface area contributed by atoms with E-state index in [1.807, 2.05) is 0 Å². The normalized spacial score (nSPS) is 18.5. The van der Waals surface area contributed by atoms with E-state index in [4.69, 9.17) is 0 Å². The van der Waals surface area contributed by atoms with Crippen molar-refractivity contribution in [2.45, 2.75) is 61.4 Å². The van der Waals surface area contributed by atoms with Gasteiger partial charge in [-0.15, -0.1) is 0 Å². The molecule has 1 rings (SSSR count). The first-order chi connectivity index (χ1) is 11.3. The Kier molecular flexibility index (Phi) is 7.85. The standard InChI is InChI=1S/C8H17N.C4HF9O3S/c1-9(2)8-6-4-3-5-7-8;5-1(6,3(9,10)11)2(7,8)4(12,13)17(14,15)16/h8H,3-7H2,1-2H3;(H,14,15,16). The van der Waals surface area contributed by atoms with Gasteiger partial charge in [-0.1, -0.05) is 6.42 Å². The van der Waals surface area contributed by atoms with Crippen molar-refractivity contribution in [2.24, 2.45) is 0 Å². The number of hydrogen-bond donors (Lipinski definition) is 1. The molecule has 1 saturated carbocycles. The molecule has 0 aliphatic heterocycles. The van der Waals surface area contributed by atoms with Gasteiger partial charge in [0.05, 0.1) is 20.1 Å². The second-order valence-electron chi connectivity index (χ2n) is 6.03. The van der Waals surface area contributed by atoms with Gasteiger partial charge in [-0.2, -0.15) is 39.5 Å². The van der Waals surface area contributed by atoms with Gasteiger partial charge in [-0.05, 0) is 25.7 Å². The number of halogens is 9. The SMILES string of the molecule is C[NH+](C)C1CCCCC1.O=S(=O)([O-])C(F)(F)C(F)(F)C(F)(F)C(F)(F)F. The van der Waals surface area contributed by atoms with Crippen molar-refractivity contribution in [3.05, 3.63) is 0 Å². The summed E-state index contributed by atoms with van der Waals surface area (Å²) in [7, 11) is -2.87. The molecule has 26 heavy (non-hydrogen) atoms. The minimum atomic E-state index is -7.43. The maximum atomic E-state index is 12.2. The summed E-state index contributed by atoms with van der Waals surface area (Å²) in [5, 5.41) is -7.11. The van der Waals surface area contributed by atoms with E-state index in [1.165, 1.54) is 32.1 Å². The molecule has 1 N–H and O–H groups in total. The molecule has 0 aromatic carbocycles. The van der Waals surface area contributed by atoms with Gasteiger partial charge in [0.1, 0.15) is 0 Å². The van der Waals surface area contributed by atoms with Crippen LogP contribution in [0.1, 0.15) is 32.1 Å². The molecular formula is C12H18F9NO3S. The number of alkyl halides is 9. The molecule has 0 aromatic rings. The summed E-state index contributed by atoms with van der Waals surface area (Å²) in [5.74, 6) is -14.8. The first-order valence-electron chi connectivity index (χ1n) is 7.26. The van der Waals surface area contributed by atoms with E-state index < -0.39 is 33.4 Å². The van der Waals surface area contributed by atoms with Gasteiger partial charge in [0.25, 0.3) is 0 Å². The van der Waals surface area contributed by atoms with Gasteiger partial charge < -0.3 is 9.45 Å². The van der Waals surface area contributed by atoms with Crippen LogP contribution in [0.15, 0.2) is 0 Å². The lowest BCUT2D eigenvalue weighted by Gasteiger charge is -2.34. The molecule has 1 aliphatic rings. The van der Waals surface area contributed by atoms with Gasteiger partial charge in [0.15, 0.2) is 10.1 Å². The van der Waals surface area contributed by atoms with Crippen molar-refractivity contribution < 1.29 is 57.4 Å². The van der Waals surface area contributed by atoms with Crippen LogP contribution in [0.3, 0.4) is 0 Å². The first kappa shape index (κ1) is 25.2. The lowest BCUT2D eigenvalue weighted by atomic mass is 9.95.